The number of rotatable bonds is 5. The molecule has 2 aromatic rings. The molecular formula is C24H23Cl2NO3. The molecule has 1 amide bonds. The third-order valence-corrected chi connectivity index (χ3v) is 6.45. The average molecular weight is 444 g/mol. The van der Waals surface area contributed by atoms with Gasteiger partial charge in [-0.2, -0.15) is 0 Å². The number of ether oxygens (including phenoxy) is 1. The average Bonchev–Trinajstić information content (AvgIpc) is 2.73. The van der Waals surface area contributed by atoms with Gasteiger partial charge >= 0.3 is 0 Å². The summed E-state index contributed by atoms with van der Waals surface area (Å²) in [6.45, 7) is 2.72. The van der Waals surface area contributed by atoms with Crippen LogP contribution < -0.4 is 10.1 Å². The molecular weight excluding hydrogens is 421 g/mol. The lowest BCUT2D eigenvalue weighted by molar-refractivity contribution is -0.122. The van der Waals surface area contributed by atoms with E-state index in [9.17, 15) is 9.59 Å². The molecule has 1 aliphatic heterocycles. The van der Waals surface area contributed by atoms with Gasteiger partial charge in [0.25, 0.3) is 0 Å². The summed E-state index contributed by atoms with van der Waals surface area (Å²) in [7, 11) is 0. The van der Waals surface area contributed by atoms with Crippen molar-refractivity contribution in [3.8, 4) is 5.75 Å². The number of amides is 1. The second kappa shape index (κ2) is 8.83. The standard InChI is InChI=1S/C24H23Cl2NO3/c1-2-9-30-17-6-3-14(4-7-17)18-13-23(29)27-21-11-16(12-22(28)24(18)21)15-5-8-19(25)20(26)10-15/h3-8,10,16,18H,2,9,11-13H2,1H3,(H,27,29). The summed E-state index contributed by atoms with van der Waals surface area (Å²) in [6, 6.07) is 13.2. The lowest BCUT2D eigenvalue weighted by atomic mass is 9.73. The molecule has 1 heterocycles. The van der Waals surface area contributed by atoms with E-state index >= 15 is 0 Å². The van der Waals surface area contributed by atoms with Crippen molar-refractivity contribution >= 4 is 34.9 Å². The summed E-state index contributed by atoms with van der Waals surface area (Å²) < 4.78 is 5.65. The smallest absolute Gasteiger partial charge is 0.225 e. The molecule has 0 saturated carbocycles. The first-order valence-corrected chi connectivity index (χ1v) is 11.0. The van der Waals surface area contributed by atoms with Crippen molar-refractivity contribution in [2.75, 3.05) is 6.61 Å². The van der Waals surface area contributed by atoms with Crippen LogP contribution in [0.15, 0.2) is 53.7 Å². The van der Waals surface area contributed by atoms with Crippen LogP contribution in [0, 0.1) is 0 Å². The van der Waals surface area contributed by atoms with Gasteiger partial charge in [0.15, 0.2) is 5.78 Å². The molecule has 156 valence electrons. The summed E-state index contributed by atoms with van der Waals surface area (Å²) in [6.07, 6.45) is 2.20. The van der Waals surface area contributed by atoms with Crippen LogP contribution in [0.5, 0.6) is 5.75 Å². The van der Waals surface area contributed by atoms with Gasteiger partial charge < -0.3 is 10.1 Å². The van der Waals surface area contributed by atoms with Gasteiger partial charge in [0, 0.05) is 30.0 Å². The summed E-state index contributed by atoms with van der Waals surface area (Å²) in [4.78, 5) is 25.6. The highest BCUT2D eigenvalue weighted by atomic mass is 35.5. The largest absolute Gasteiger partial charge is 0.494 e. The van der Waals surface area contributed by atoms with Gasteiger partial charge in [-0.15, -0.1) is 0 Å². The molecule has 0 aromatic heterocycles. The van der Waals surface area contributed by atoms with Crippen LogP contribution in [0.2, 0.25) is 10.0 Å². The normalized spacial score (nSPS) is 21.3. The number of hydrogen-bond donors (Lipinski definition) is 1. The monoisotopic (exact) mass is 443 g/mol. The third kappa shape index (κ3) is 4.26. The SMILES string of the molecule is CCCOc1ccc(C2CC(=O)NC3=C2C(=O)CC(c2ccc(Cl)c(Cl)c2)C3)cc1. The lowest BCUT2D eigenvalue weighted by Gasteiger charge is -2.34. The van der Waals surface area contributed by atoms with E-state index in [1.54, 1.807) is 6.07 Å². The van der Waals surface area contributed by atoms with Gasteiger partial charge in [0.2, 0.25) is 5.91 Å². The highest BCUT2D eigenvalue weighted by molar-refractivity contribution is 6.42. The van der Waals surface area contributed by atoms with E-state index in [-0.39, 0.29) is 29.9 Å². The number of carbonyl (C=O) groups excluding carboxylic acids is 2. The zero-order valence-corrected chi connectivity index (χ0v) is 18.2. The maximum Gasteiger partial charge on any atom is 0.225 e. The Hall–Kier alpha value is -2.30. The number of halogens is 2. The van der Waals surface area contributed by atoms with E-state index in [0.29, 0.717) is 29.5 Å². The number of hydrogen-bond acceptors (Lipinski definition) is 3. The molecule has 4 rings (SSSR count). The first-order valence-electron chi connectivity index (χ1n) is 10.2. The van der Waals surface area contributed by atoms with E-state index < -0.39 is 0 Å². The number of Topliss-reactive ketones (excluding diaryl/α,β-unsaturated/α-hetero) is 1. The van der Waals surface area contributed by atoms with Crippen LogP contribution in [0.4, 0.5) is 0 Å². The molecule has 1 N–H and O–H groups in total. The summed E-state index contributed by atoms with van der Waals surface area (Å²) >= 11 is 12.2. The Morgan fingerprint density at radius 1 is 0.967 bits per heavy atom. The Balaban J connectivity index is 1.62. The van der Waals surface area contributed by atoms with Crippen LogP contribution in [-0.4, -0.2) is 18.3 Å². The molecule has 2 atom stereocenters. The van der Waals surface area contributed by atoms with Crippen molar-refractivity contribution in [2.24, 2.45) is 0 Å². The molecule has 0 radical (unpaired) electrons. The minimum atomic E-state index is -0.226. The van der Waals surface area contributed by atoms with Crippen molar-refractivity contribution in [2.45, 2.75) is 44.4 Å². The van der Waals surface area contributed by atoms with Crippen LogP contribution in [0.3, 0.4) is 0 Å². The first-order chi connectivity index (χ1) is 14.5. The lowest BCUT2D eigenvalue weighted by Crippen LogP contribution is -2.38. The van der Waals surface area contributed by atoms with Crippen LogP contribution in [0.25, 0.3) is 0 Å². The minimum Gasteiger partial charge on any atom is -0.494 e. The molecule has 0 fully saturated rings. The van der Waals surface area contributed by atoms with E-state index in [2.05, 4.69) is 12.2 Å². The van der Waals surface area contributed by atoms with Crippen molar-refractivity contribution in [3.63, 3.8) is 0 Å². The minimum absolute atomic E-state index is 0.0325. The highest BCUT2D eigenvalue weighted by Crippen LogP contribution is 2.43. The fourth-order valence-corrected chi connectivity index (χ4v) is 4.57. The number of benzene rings is 2. The maximum absolute atomic E-state index is 13.2. The first kappa shape index (κ1) is 21.0. The third-order valence-electron chi connectivity index (χ3n) is 5.71. The van der Waals surface area contributed by atoms with Crippen LogP contribution in [0.1, 0.15) is 55.6 Å². The summed E-state index contributed by atoms with van der Waals surface area (Å²) in [5.41, 5.74) is 3.38. The van der Waals surface area contributed by atoms with E-state index in [0.717, 1.165) is 34.6 Å². The van der Waals surface area contributed by atoms with Gasteiger partial charge in [-0.1, -0.05) is 48.3 Å². The highest BCUT2D eigenvalue weighted by Gasteiger charge is 2.38. The number of ketones is 1. The molecule has 4 nitrogen and oxygen atoms in total. The Bertz CT molecular complexity index is 1010. The van der Waals surface area contributed by atoms with Crippen LogP contribution in [-0.2, 0) is 9.59 Å². The van der Waals surface area contributed by atoms with E-state index in [4.69, 9.17) is 27.9 Å². The number of nitrogens with one attached hydrogen (secondary N) is 1. The Morgan fingerprint density at radius 2 is 1.70 bits per heavy atom. The number of carbonyl (C=O) groups is 2. The van der Waals surface area contributed by atoms with Gasteiger partial charge in [-0.25, -0.2) is 0 Å². The number of allylic oxidation sites excluding steroid dienone is 2. The molecule has 0 bridgehead atoms. The molecule has 1 aliphatic carbocycles. The molecule has 2 aliphatic rings. The Labute approximate surface area is 186 Å². The van der Waals surface area contributed by atoms with Crippen molar-refractivity contribution in [1.82, 2.24) is 5.32 Å². The molecule has 2 unspecified atom stereocenters. The van der Waals surface area contributed by atoms with E-state index in [1.165, 1.54) is 0 Å². The van der Waals surface area contributed by atoms with Crippen LogP contribution >= 0.6 is 23.2 Å². The molecule has 0 spiro atoms. The fourth-order valence-electron chi connectivity index (χ4n) is 4.26. The molecule has 30 heavy (non-hydrogen) atoms. The Morgan fingerprint density at radius 3 is 2.40 bits per heavy atom. The van der Waals surface area contributed by atoms with Gasteiger partial charge in [-0.05, 0) is 54.2 Å². The Kier molecular flexibility index (Phi) is 6.16. The predicted molar refractivity (Wildman–Crippen MR) is 118 cm³/mol. The summed E-state index contributed by atoms with van der Waals surface area (Å²) in [5, 5.41) is 3.91. The predicted octanol–water partition coefficient (Wildman–Crippen LogP) is 5.79. The second-order valence-corrected chi connectivity index (χ2v) is 8.63. The van der Waals surface area contributed by atoms with Gasteiger partial charge in [0.1, 0.15) is 5.75 Å². The second-order valence-electron chi connectivity index (χ2n) is 7.82. The molecule has 0 saturated heterocycles. The van der Waals surface area contributed by atoms with Gasteiger partial charge in [-0.3, -0.25) is 9.59 Å². The zero-order chi connectivity index (χ0) is 21.3. The van der Waals surface area contributed by atoms with E-state index in [1.807, 2.05) is 36.4 Å². The quantitative estimate of drug-likeness (QED) is 0.636. The van der Waals surface area contributed by atoms with Gasteiger partial charge in [0.05, 0.1) is 16.7 Å². The topological polar surface area (TPSA) is 55.4 Å². The molecule has 2 aromatic carbocycles. The molecule has 6 heteroatoms. The van der Waals surface area contributed by atoms with Crippen molar-refractivity contribution in [3.05, 3.63) is 74.9 Å². The summed E-state index contributed by atoms with van der Waals surface area (Å²) in [5.74, 6) is 0.548. The van der Waals surface area contributed by atoms with Crippen molar-refractivity contribution < 1.29 is 14.3 Å². The zero-order valence-electron chi connectivity index (χ0n) is 16.7. The maximum atomic E-state index is 13.2. The fraction of sp³-hybridized carbons (Fsp3) is 0.333. The van der Waals surface area contributed by atoms with Crippen molar-refractivity contribution in [1.29, 1.82) is 0 Å².